The molecule has 4 N–H and O–H groups in total. The molecule has 4 rings (SSSR count). The SMILES string of the molecule is CC1=C[C@H]2O[C@@H]3[C@H](O)[C@@H](O)[C@](C)([C@@]2(CO)[C@@H](O)C1=O)[C@]31CO1. The number of ketones is 1. The molecule has 2 aliphatic carbocycles. The molecule has 0 amide bonds. The van der Waals surface area contributed by atoms with Crippen LogP contribution >= 0.6 is 0 Å². The Morgan fingerprint density at radius 3 is 2.55 bits per heavy atom. The minimum atomic E-state index is -1.53. The molecule has 7 nitrogen and oxygen atoms in total. The van der Waals surface area contributed by atoms with Crippen LogP contribution in [0.1, 0.15) is 13.8 Å². The molecule has 0 radical (unpaired) electrons. The van der Waals surface area contributed by atoms with Gasteiger partial charge in [0.1, 0.15) is 23.9 Å². The summed E-state index contributed by atoms with van der Waals surface area (Å²) in [6, 6.07) is 0. The summed E-state index contributed by atoms with van der Waals surface area (Å²) >= 11 is 0. The van der Waals surface area contributed by atoms with Crippen molar-refractivity contribution in [3.05, 3.63) is 11.6 Å². The number of ether oxygens (including phenoxy) is 2. The van der Waals surface area contributed by atoms with Gasteiger partial charge in [0.25, 0.3) is 0 Å². The second kappa shape index (κ2) is 3.98. The fraction of sp³-hybridized carbons (Fsp3) is 0.800. The first kappa shape index (κ1) is 14.7. The van der Waals surface area contributed by atoms with Gasteiger partial charge >= 0.3 is 0 Å². The number of rotatable bonds is 1. The monoisotopic (exact) mass is 312 g/mol. The molecule has 122 valence electrons. The van der Waals surface area contributed by atoms with Crippen LogP contribution in [0, 0.1) is 10.8 Å². The van der Waals surface area contributed by atoms with Gasteiger partial charge in [-0.15, -0.1) is 0 Å². The van der Waals surface area contributed by atoms with E-state index in [2.05, 4.69) is 0 Å². The number of aliphatic hydroxyl groups excluding tert-OH is 4. The number of Topliss-reactive ketones (excluding diaryl/α,β-unsaturated/α-hetero) is 1. The molecule has 4 aliphatic rings. The van der Waals surface area contributed by atoms with E-state index in [9.17, 15) is 25.2 Å². The van der Waals surface area contributed by atoms with Crippen LogP contribution in [0.2, 0.25) is 0 Å². The lowest BCUT2D eigenvalue weighted by molar-refractivity contribution is -0.253. The molecule has 0 aromatic rings. The normalized spacial score (nSPS) is 59.5. The number of hydrogen-bond acceptors (Lipinski definition) is 7. The summed E-state index contributed by atoms with van der Waals surface area (Å²) in [5, 5.41) is 41.8. The molecule has 2 heterocycles. The number of epoxide rings is 1. The van der Waals surface area contributed by atoms with E-state index in [-0.39, 0.29) is 6.61 Å². The Morgan fingerprint density at radius 1 is 1.36 bits per heavy atom. The highest BCUT2D eigenvalue weighted by Gasteiger charge is 2.86. The van der Waals surface area contributed by atoms with Crippen molar-refractivity contribution in [2.75, 3.05) is 13.2 Å². The lowest BCUT2D eigenvalue weighted by atomic mass is 9.50. The second-order valence-electron chi connectivity index (χ2n) is 7.11. The third-order valence-electron chi connectivity index (χ3n) is 6.58. The van der Waals surface area contributed by atoms with E-state index in [4.69, 9.17) is 9.47 Å². The molecule has 7 heteroatoms. The Bertz CT molecular complexity index is 582. The van der Waals surface area contributed by atoms with Gasteiger partial charge in [-0.25, -0.2) is 0 Å². The van der Waals surface area contributed by atoms with Crippen molar-refractivity contribution in [3.8, 4) is 0 Å². The lowest BCUT2D eigenvalue weighted by Gasteiger charge is -2.58. The van der Waals surface area contributed by atoms with Crippen molar-refractivity contribution in [3.63, 3.8) is 0 Å². The molecule has 3 fully saturated rings. The van der Waals surface area contributed by atoms with Gasteiger partial charge in [-0.2, -0.15) is 0 Å². The van der Waals surface area contributed by atoms with Crippen molar-refractivity contribution < 1.29 is 34.7 Å². The number of carbonyl (C=O) groups is 1. The maximum absolute atomic E-state index is 12.3. The van der Waals surface area contributed by atoms with Crippen molar-refractivity contribution in [1.29, 1.82) is 0 Å². The Morgan fingerprint density at radius 2 is 2.00 bits per heavy atom. The predicted octanol–water partition coefficient (Wildman–Crippen LogP) is -1.87. The van der Waals surface area contributed by atoms with Gasteiger partial charge in [-0.05, 0) is 18.6 Å². The molecule has 0 aromatic heterocycles. The topological polar surface area (TPSA) is 120 Å². The first-order valence-corrected chi connectivity index (χ1v) is 7.45. The second-order valence-corrected chi connectivity index (χ2v) is 7.11. The summed E-state index contributed by atoms with van der Waals surface area (Å²) in [5.41, 5.74) is -3.28. The standard InChI is InChI=1S/C15H20O7/c1-6-3-7-14(4-16,11(20)8(6)17)13(2)10(19)9(18)12(22-7)15(13)5-21-15/h3,7,9-12,16,18-20H,4-5H2,1-2H3/t7-,9-,10-,11+,12-,13-,14-,15+/m1/s1. The van der Waals surface area contributed by atoms with E-state index in [1.807, 2.05) is 0 Å². The summed E-state index contributed by atoms with van der Waals surface area (Å²) in [5.74, 6) is -0.502. The molecule has 0 unspecified atom stereocenters. The van der Waals surface area contributed by atoms with Crippen LogP contribution in [0.25, 0.3) is 0 Å². The molecular formula is C15H20O7. The van der Waals surface area contributed by atoms with Crippen LogP contribution < -0.4 is 0 Å². The third kappa shape index (κ3) is 1.18. The highest BCUT2D eigenvalue weighted by atomic mass is 16.6. The minimum absolute atomic E-state index is 0.250. The summed E-state index contributed by atoms with van der Waals surface area (Å²) in [6.07, 6.45) is -3.96. The van der Waals surface area contributed by atoms with Gasteiger partial charge in [-0.3, -0.25) is 4.79 Å². The van der Waals surface area contributed by atoms with Crippen LogP contribution in [0.4, 0.5) is 0 Å². The molecule has 22 heavy (non-hydrogen) atoms. The quantitative estimate of drug-likeness (QED) is 0.419. The van der Waals surface area contributed by atoms with Gasteiger partial charge in [0, 0.05) is 5.41 Å². The first-order chi connectivity index (χ1) is 10.3. The summed E-state index contributed by atoms with van der Waals surface area (Å²) in [7, 11) is 0. The van der Waals surface area contributed by atoms with Crippen LogP contribution in [0.15, 0.2) is 11.6 Å². The zero-order chi connectivity index (χ0) is 16.1. The number of fused-ring (bicyclic) bond motifs is 2. The minimum Gasteiger partial charge on any atom is -0.396 e. The molecule has 2 bridgehead atoms. The molecule has 2 aliphatic heterocycles. The molecule has 1 saturated carbocycles. The van der Waals surface area contributed by atoms with Crippen molar-refractivity contribution in [1.82, 2.24) is 0 Å². The zero-order valence-corrected chi connectivity index (χ0v) is 12.4. The number of carbonyl (C=O) groups excluding carboxylic acids is 1. The first-order valence-electron chi connectivity index (χ1n) is 7.45. The van der Waals surface area contributed by atoms with Gasteiger partial charge < -0.3 is 29.9 Å². The third-order valence-corrected chi connectivity index (χ3v) is 6.58. The molecule has 0 aromatic carbocycles. The largest absolute Gasteiger partial charge is 0.396 e. The maximum atomic E-state index is 12.3. The highest BCUT2D eigenvalue weighted by molar-refractivity contribution is 6.00. The van der Waals surface area contributed by atoms with Gasteiger partial charge in [0.15, 0.2) is 5.78 Å². The van der Waals surface area contributed by atoms with Gasteiger partial charge in [0.2, 0.25) is 0 Å². The van der Waals surface area contributed by atoms with Crippen LogP contribution in [0.5, 0.6) is 0 Å². The Balaban J connectivity index is 1.98. The Hall–Kier alpha value is -0.830. The van der Waals surface area contributed by atoms with Crippen LogP contribution in [-0.2, 0) is 14.3 Å². The number of hydrogen-bond donors (Lipinski definition) is 4. The fourth-order valence-corrected chi connectivity index (χ4v) is 5.03. The average Bonchev–Trinajstić information content (AvgIpc) is 3.27. The average molecular weight is 312 g/mol. The summed E-state index contributed by atoms with van der Waals surface area (Å²) in [4.78, 5) is 12.3. The van der Waals surface area contributed by atoms with E-state index >= 15 is 0 Å². The summed E-state index contributed by atoms with van der Waals surface area (Å²) < 4.78 is 11.5. The zero-order valence-electron chi connectivity index (χ0n) is 12.4. The molecular weight excluding hydrogens is 292 g/mol. The van der Waals surface area contributed by atoms with Crippen LogP contribution in [-0.4, -0.2) is 75.5 Å². The van der Waals surface area contributed by atoms with E-state index in [1.54, 1.807) is 19.9 Å². The van der Waals surface area contributed by atoms with Crippen molar-refractivity contribution in [2.24, 2.45) is 10.8 Å². The van der Waals surface area contributed by atoms with Crippen molar-refractivity contribution in [2.45, 2.75) is 50.0 Å². The van der Waals surface area contributed by atoms with E-state index in [0.29, 0.717) is 5.57 Å². The highest BCUT2D eigenvalue weighted by Crippen LogP contribution is 2.70. The lowest BCUT2D eigenvalue weighted by Crippen LogP contribution is -2.72. The van der Waals surface area contributed by atoms with Gasteiger partial charge in [-0.1, -0.05) is 6.92 Å². The Labute approximate surface area is 127 Å². The van der Waals surface area contributed by atoms with E-state index in [0.717, 1.165) is 0 Å². The molecule has 2 saturated heterocycles. The van der Waals surface area contributed by atoms with Crippen LogP contribution in [0.3, 0.4) is 0 Å². The molecule has 1 spiro atoms. The van der Waals surface area contributed by atoms with Crippen molar-refractivity contribution >= 4 is 5.78 Å². The maximum Gasteiger partial charge on any atom is 0.187 e. The Kier molecular flexibility index (Phi) is 2.67. The smallest absolute Gasteiger partial charge is 0.187 e. The van der Waals surface area contributed by atoms with E-state index < -0.39 is 59.3 Å². The fourth-order valence-electron chi connectivity index (χ4n) is 5.03. The molecule has 8 atom stereocenters. The van der Waals surface area contributed by atoms with E-state index in [1.165, 1.54) is 0 Å². The summed E-state index contributed by atoms with van der Waals surface area (Å²) in [6.45, 7) is 2.92. The number of aliphatic hydroxyl groups is 4. The van der Waals surface area contributed by atoms with Gasteiger partial charge in [0.05, 0.1) is 30.8 Å². The predicted molar refractivity (Wildman–Crippen MR) is 71.8 cm³/mol.